The zero-order chi connectivity index (χ0) is 17.8. The van der Waals surface area contributed by atoms with Crippen LogP contribution in [0.1, 0.15) is 5.56 Å². The highest BCUT2D eigenvalue weighted by Crippen LogP contribution is 2.36. The Morgan fingerprint density at radius 2 is 2.12 bits per heavy atom. The van der Waals surface area contributed by atoms with Gasteiger partial charge in [0.25, 0.3) is 5.91 Å². The first-order valence-electron chi connectivity index (χ1n) is 7.39. The molecular formula is C18H14ClN3O2S. The van der Waals surface area contributed by atoms with Crippen molar-refractivity contribution < 1.29 is 9.90 Å². The van der Waals surface area contributed by atoms with E-state index in [1.165, 1.54) is 16.7 Å². The minimum atomic E-state index is -0.202. The second-order valence-corrected chi connectivity index (χ2v) is 6.45. The lowest BCUT2D eigenvalue weighted by Gasteiger charge is -2.12. The third-order valence-corrected chi connectivity index (χ3v) is 4.68. The summed E-state index contributed by atoms with van der Waals surface area (Å²) >= 11 is 7.27. The van der Waals surface area contributed by atoms with Crippen LogP contribution in [0.4, 0.5) is 5.69 Å². The van der Waals surface area contributed by atoms with E-state index >= 15 is 0 Å². The predicted molar refractivity (Wildman–Crippen MR) is 102 cm³/mol. The summed E-state index contributed by atoms with van der Waals surface area (Å²) in [7, 11) is 0. The molecule has 1 N–H and O–H groups in total. The Morgan fingerprint density at radius 1 is 1.32 bits per heavy atom. The number of hydrogen-bond acceptors (Lipinski definition) is 5. The Balaban J connectivity index is 2.00. The number of amides is 1. The molecule has 0 aliphatic carbocycles. The van der Waals surface area contributed by atoms with Crippen LogP contribution in [-0.4, -0.2) is 32.6 Å². The monoisotopic (exact) mass is 371 g/mol. The Hall–Kier alpha value is -2.57. The molecule has 0 atom stereocenters. The van der Waals surface area contributed by atoms with Gasteiger partial charge in [-0.05, 0) is 36.0 Å². The van der Waals surface area contributed by atoms with Gasteiger partial charge in [0.05, 0.1) is 4.91 Å². The van der Waals surface area contributed by atoms with Gasteiger partial charge in [-0.15, -0.1) is 6.58 Å². The summed E-state index contributed by atoms with van der Waals surface area (Å²) in [4.78, 5) is 23.1. The Bertz CT molecular complexity index is 895. The fraction of sp³-hybridized carbons (Fsp3) is 0.0556. The standard InChI is InChI=1S/C18H14ClN3O2S/c1-2-10-22-17(24)15(11-12-6-3-4-8-14(12)23)25-18(22)21-13-7-5-9-20-16(13)19/h2-9,11,23H,1,10H2/b15-11-,21-18?. The fourth-order valence-corrected chi connectivity index (χ4v) is 3.35. The van der Waals surface area contributed by atoms with E-state index in [0.29, 0.717) is 27.9 Å². The number of rotatable bonds is 4. The van der Waals surface area contributed by atoms with Crippen molar-refractivity contribution in [3.8, 4) is 5.75 Å². The quantitative estimate of drug-likeness (QED) is 0.496. The average molecular weight is 372 g/mol. The first kappa shape index (κ1) is 17.3. The van der Waals surface area contributed by atoms with Crippen molar-refractivity contribution in [3.63, 3.8) is 0 Å². The van der Waals surface area contributed by atoms with Crippen molar-refractivity contribution >= 4 is 46.2 Å². The molecule has 0 unspecified atom stereocenters. The lowest BCUT2D eigenvalue weighted by molar-refractivity contribution is -0.121. The minimum absolute atomic E-state index is 0.111. The normalized spacial score (nSPS) is 17.5. The first-order chi connectivity index (χ1) is 12.1. The van der Waals surface area contributed by atoms with Gasteiger partial charge in [0.1, 0.15) is 11.4 Å². The zero-order valence-corrected chi connectivity index (χ0v) is 14.7. The molecule has 126 valence electrons. The molecule has 1 aromatic heterocycles. The summed E-state index contributed by atoms with van der Waals surface area (Å²) in [6, 6.07) is 10.3. The number of carbonyl (C=O) groups excluding carboxylic acids is 1. The van der Waals surface area contributed by atoms with E-state index in [9.17, 15) is 9.90 Å². The summed E-state index contributed by atoms with van der Waals surface area (Å²) in [6.07, 6.45) is 4.84. The highest BCUT2D eigenvalue weighted by atomic mass is 35.5. The van der Waals surface area contributed by atoms with Gasteiger partial charge < -0.3 is 5.11 Å². The molecule has 0 spiro atoms. The van der Waals surface area contributed by atoms with Crippen LogP contribution in [0.5, 0.6) is 5.75 Å². The zero-order valence-electron chi connectivity index (χ0n) is 13.1. The molecule has 25 heavy (non-hydrogen) atoms. The van der Waals surface area contributed by atoms with Crippen molar-refractivity contribution in [2.75, 3.05) is 6.54 Å². The van der Waals surface area contributed by atoms with E-state index in [4.69, 9.17) is 11.6 Å². The molecule has 5 nitrogen and oxygen atoms in total. The topological polar surface area (TPSA) is 65.8 Å². The number of para-hydroxylation sites is 1. The molecule has 2 aromatic rings. The number of aromatic nitrogens is 1. The molecule has 1 amide bonds. The third kappa shape index (κ3) is 3.75. The van der Waals surface area contributed by atoms with Gasteiger partial charge in [-0.25, -0.2) is 9.98 Å². The second kappa shape index (κ2) is 7.55. The summed E-state index contributed by atoms with van der Waals surface area (Å²) in [5, 5.41) is 10.7. The summed E-state index contributed by atoms with van der Waals surface area (Å²) in [6.45, 7) is 4.00. The predicted octanol–water partition coefficient (Wildman–Crippen LogP) is 4.23. The number of carbonyl (C=O) groups is 1. The number of phenolic OH excluding ortho intramolecular Hbond substituents is 1. The molecule has 0 saturated carbocycles. The van der Waals surface area contributed by atoms with Crippen LogP contribution in [0.15, 0.2) is 65.1 Å². The van der Waals surface area contributed by atoms with E-state index in [0.717, 1.165) is 0 Å². The van der Waals surface area contributed by atoms with E-state index in [-0.39, 0.29) is 16.8 Å². The van der Waals surface area contributed by atoms with E-state index in [1.54, 1.807) is 54.7 Å². The molecule has 3 rings (SSSR count). The molecule has 0 radical (unpaired) electrons. The summed E-state index contributed by atoms with van der Waals surface area (Å²) in [5.74, 6) is -0.0914. The van der Waals surface area contributed by atoms with Crippen LogP contribution in [0.3, 0.4) is 0 Å². The van der Waals surface area contributed by atoms with Gasteiger partial charge >= 0.3 is 0 Å². The lowest BCUT2D eigenvalue weighted by atomic mass is 10.2. The third-order valence-electron chi connectivity index (χ3n) is 3.38. The molecule has 0 bridgehead atoms. The number of phenols is 1. The summed E-state index contributed by atoms with van der Waals surface area (Å²) in [5.41, 5.74) is 1.05. The Labute approximate surface area is 154 Å². The largest absolute Gasteiger partial charge is 0.507 e. The van der Waals surface area contributed by atoms with Crippen molar-refractivity contribution in [1.29, 1.82) is 0 Å². The fourth-order valence-electron chi connectivity index (χ4n) is 2.20. The van der Waals surface area contributed by atoms with E-state index in [2.05, 4.69) is 16.6 Å². The van der Waals surface area contributed by atoms with E-state index in [1.807, 2.05) is 0 Å². The molecule has 1 aliphatic heterocycles. The number of benzene rings is 1. The highest BCUT2D eigenvalue weighted by Gasteiger charge is 2.32. The minimum Gasteiger partial charge on any atom is -0.507 e. The number of thioether (sulfide) groups is 1. The van der Waals surface area contributed by atoms with Crippen LogP contribution < -0.4 is 0 Å². The van der Waals surface area contributed by atoms with Gasteiger partial charge in [0, 0.05) is 18.3 Å². The number of nitrogens with zero attached hydrogens (tertiary/aromatic N) is 3. The highest BCUT2D eigenvalue weighted by molar-refractivity contribution is 8.18. The molecule has 1 fully saturated rings. The van der Waals surface area contributed by atoms with Crippen molar-refractivity contribution in [1.82, 2.24) is 9.88 Å². The maximum Gasteiger partial charge on any atom is 0.267 e. The first-order valence-corrected chi connectivity index (χ1v) is 8.59. The van der Waals surface area contributed by atoms with E-state index < -0.39 is 0 Å². The van der Waals surface area contributed by atoms with Crippen LogP contribution in [-0.2, 0) is 4.79 Å². The molecule has 1 aromatic carbocycles. The lowest BCUT2D eigenvalue weighted by Crippen LogP contribution is -2.29. The number of aliphatic imine (C=N–C) groups is 1. The van der Waals surface area contributed by atoms with Crippen molar-refractivity contribution in [2.24, 2.45) is 4.99 Å². The maximum absolute atomic E-state index is 12.7. The number of aromatic hydroxyl groups is 1. The maximum atomic E-state index is 12.7. The molecule has 1 aliphatic rings. The van der Waals surface area contributed by atoms with Crippen LogP contribution >= 0.6 is 23.4 Å². The van der Waals surface area contributed by atoms with Crippen LogP contribution in [0.25, 0.3) is 6.08 Å². The Kier molecular flexibility index (Phi) is 5.21. The van der Waals surface area contributed by atoms with Gasteiger partial charge in [0.2, 0.25) is 0 Å². The SMILES string of the molecule is C=CCN1C(=O)/C(=C/c2ccccc2O)SC1=Nc1cccnc1Cl. The Morgan fingerprint density at radius 3 is 2.84 bits per heavy atom. The van der Waals surface area contributed by atoms with Crippen LogP contribution in [0.2, 0.25) is 5.15 Å². The number of pyridine rings is 1. The van der Waals surface area contributed by atoms with Gasteiger partial charge in [-0.1, -0.05) is 35.9 Å². The smallest absolute Gasteiger partial charge is 0.267 e. The number of hydrogen-bond donors (Lipinski definition) is 1. The average Bonchev–Trinajstić information content (AvgIpc) is 2.88. The molecule has 7 heteroatoms. The van der Waals surface area contributed by atoms with Gasteiger partial charge in [-0.2, -0.15) is 0 Å². The van der Waals surface area contributed by atoms with Crippen LogP contribution in [0, 0.1) is 0 Å². The van der Waals surface area contributed by atoms with Crippen molar-refractivity contribution in [3.05, 3.63) is 70.9 Å². The summed E-state index contributed by atoms with van der Waals surface area (Å²) < 4.78 is 0. The van der Waals surface area contributed by atoms with Gasteiger partial charge in [-0.3, -0.25) is 9.69 Å². The molecule has 2 heterocycles. The van der Waals surface area contributed by atoms with Gasteiger partial charge in [0.15, 0.2) is 10.3 Å². The second-order valence-electron chi connectivity index (χ2n) is 5.08. The number of halogens is 1. The molecular weight excluding hydrogens is 358 g/mol. The molecule has 1 saturated heterocycles. The number of amidine groups is 1. The van der Waals surface area contributed by atoms with Crippen molar-refractivity contribution in [2.45, 2.75) is 0 Å².